The standard InChI is InChI=1S/C30H33F2N3O5S/c1-20-17-35(21(2)19-36)41(38,39)29-14-11-23(10-9-22-7-5-4-6-8-22)15-27(29)40-28(20)18-34(3)30(37)33-26-16-24(31)12-13-25(26)32/h4-16,20-21,28,36H,17-19H2,1-3H3,(H,33,37)/t20-,21+,28+/m1/s1. The number of carbonyl (C=O) groups is 1. The first kappa shape index (κ1) is 30.2. The van der Waals surface area contributed by atoms with Crippen LogP contribution in [-0.2, 0) is 10.0 Å². The molecule has 0 saturated heterocycles. The molecule has 0 spiro atoms. The highest BCUT2D eigenvalue weighted by Gasteiger charge is 2.38. The first-order valence-corrected chi connectivity index (χ1v) is 14.6. The van der Waals surface area contributed by atoms with Gasteiger partial charge in [-0.15, -0.1) is 0 Å². The zero-order valence-corrected chi connectivity index (χ0v) is 23.8. The molecule has 0 fully saturated rings. The van der Waals surface area contributed by atoms with Crippen LogP contribution in [0.4, 0.5) is 19.3 Å². The Balaban J connectivity index is 1.65. The first-order chi connectivity index (χ1) is 19.5. The van der Waals surface area contributed by atoms with Crippen molar-refractivity contribution in [2.24, 2.45) is 5.92 Å². The number of halogens is 2. The van der Waals surface area contributed by atoms with Gasteiger partial charge in [0.25, 0.3) is 0 Å². The van der Waals surface area contributed by atoms with Crippen molar-refractivity contribution in [3.63, 3.8) is 0 Å². The minimum atomic E-state index is -4.03. The van der Waals surface area contributed by atoms with Crippen LogP contribution in [-0.4, -0.2) is 67.7 Å². The lowest BCUT2D eigenvalue weighted by Crippen LogP contribution is -2.50. The largest absolute Gasteiger partial charge is 0.487 e. The lowest BCUT2D eigenvalue weighted by atomic mass is 10.0. The van der Waals surface area contributed by atoms with Crippen molar-refractivity contribution in [3.05, 3.63) is 89.5 Å². The maximum absolute atomic E-state index is 14.1. The first-order valence-electron chi connectivity index (χ1n) is 13.1. The van der Waals surface area contributed by atoms with E-state index in [-0.39, 0.29) is 36.0 Å². The summed E-state index contributed by atoms with van der Waals surface area (Å²) in [6.45, 7) is 3.06. The normalized spacial score (nSPS) is 19.5. The molecule has 1 heterocycles. The van der Waals surface area contributed by atoms with E-state index in [4.69, 9.17) is 4.74 Å². The maximum Gasteiger partial charge on any atom is 0.321 e. The molecule has 11 heteroatoms. The number of rotatable bonds is 7. The number of aliphatic hydroxyl groups is 1. The average Bonchev–Trinajstić information content (AvgIpc) is 2.95. The van der Waals surface area contributed by atoms with Gasteiger partial charge in [-0.1, -0.05) is 55.5 Å². The van der Waals surface area contributed by atoms with Crippen molar-refractivity contribution < 1.29 is 31.8 Å². The van der Waals surface area contributed by atoms with Gasteiger partial charge in [0.1, 0.15) is 28.4 Å². The summed E-state index contributed by atoms with van der Waals surface area (Å²) < 4.78 is 62.6. The molecule has 218 valence electrons. The zero-order valence-electron chi connectivity index (χ0n) is 23.0. The van der Waals surface area contributed by atoms with Crippen LogP contribution in [0.25, 0.3) is 12.2 Å². The summed E-state index contributed by atoms with van der Waals surface area (Å²) in [5, 5.41) is 12.2. The number of anilines is 1. The zero-order chi connectivity index (χ0) is 29.7. The number of ether oxygens (including phenoxy) is 1. The van der Waals surface area contributed by atoms with E-state index in [0.29, 0.717) is 5.56 Å². The van der Waals surface area contributed by atoms with Gasteiger partial charge in [-0.05, 0) is 42.3 Å². The number of benzene rings is 3. The van der Waals surface area contributed by atoms with E-state index < -0.39 is 45.8 Å². The Bertz CT molecular complexity index is 1520. The molecule has 8 nitrogen and oxygen atoms in total. The molecule has 3 aromatic carbocycles. The Labute approximate surface area is 238 Å². The van der Waals surface area contributed by atoms with Crippen LogP contribution in [0.15, 0.2) is 71.6 Å². The lowest BCUT2D eigenvalue weighted by Gasteiger charge is -2.37. The Hall–Kier alpha value is -3.80. The fraction of sp³-hybridized carbons (Fsp3) is 0.300. The van der Waals surface area contributed by atoms with Gasteiger partial charge in [-0.2, -0.15) is 4.31 Å². The number of carbonyl (C=O) groups excluding carboxylic acids is 1. The molecule has 0 aromatic heterocycles. The van der Waals surface area contributed by atoms with Crippen LogP contribution in [0.1, 0.15) is 25.0 Å². The quantitative estimate of drug-likeness (QED) is 0.378. The van der Waals surface area contributed by atoms with E-state index in [1.807, 2.05) is 42.5 Å². The highest BCUT2D eigenvalue weighted by molar-refractivity contribution is 7.89. The van der Waals surface area contributed by atoms with E-state index >= 15 is 0 Å². The predicted octanol–water partition coefficient (Wildman–Crippen LogP) is 5.07. The van der Waals surface area contributed by atoms with Gasteiger partial charge in [0.15, 0.2) is 0 Å². The number of urea groups is 1. The number of hydrogen-bond acceptors (Lipinski definition) is 5. The molecular weight excluding hydrogens is 552 g/mol. The van der Waals surface area contributed by atoms with Gasteiger partial charge >= 0.3 is 6.03 Å². The summed E-state index contributed by atoms with van der Waals surface area (Å²) in [6.07, 6.45) is 3.05. The van der Waals surface area contributed by atoms with Crippen LogP contribution in [0.3, 0.4) is 0 Å². The average molecular weight is 586 g/mol. The van der Waals surface area contributed by atoms with E-state index in [1.165, 1.54) is 22.3 Å². The van der Waals surface area contributed by atoms with Crippen molar-refractivity contribution in [3.8, 4) is 5.75 Å². The lowest BCUT2D eigenvalue weighted by molar-refractivity contribution is 0.0830. The van der Waals surface area contributed by atoms with Crippen molar-refractivity contribution in [2.75, 3.05) is 32.1 Å². The summed E-state index contributed by atoms with van der Waals surface area (Å²) in [4.78, 5) is 14.1. The number of aliphatic hydroxyl groups excluding tert-OH is 1. The number of hydrogen-bond donors (Lipinski definition) is 2. The molecule has 2 N–H and O–H groups in total. The summed E-state index contributed by atoms with van der Waals surface area (Å²) in [5.41, 5.74) is 1.36. The van der Waals surface area contributed by atoms with Crippen LogP contribution < -0.4 is 10.1 Å². The van der Waals surface area contributed by atoms with Crippen molar-refractivity contribution >= 4 is 33.9 Å². The summed E-state index contributed by atoms with van der Waals surface area (Å²) >= 11 is 0. The molecule has 3 atom stereocenters. The highest BCUT2D eigenvalue weighted by atomic mass is 32.2. The van der Waals surface area contributed by atoms with Gasteiger partial charge in [0.2, 0.25) is 10.0 Å². The highest BCUT2D eigenvalue weighted by Crippen LogP contribution is 2.34. The molecule has 0 bridgehead atoms. The molecule has 2 amide bonds. The second kappa shape index (κ2) is 12.8. The van der Waals surface area contributed by atoms with Gasteiger partial charge < -0.3 is 20.1 Å². The molecule has 0 saturated carbocycles. The molecule has 1 aliphatic rings. The van der Waals surface area contributed by atoms with Gasteiger partial charge in [-0.3, -0.25) is 0 Å². The van der Waals surface area contributed by atoms with Gasteiger partial charge in [0.05, 0.1) is 18.8 Å². The van der Waals surface area contributed by atoms with Crippen LogP contribution in [0, 0.1) is 17.6 Å². The minimum Gasteiger partial charge on any atom is -0.487 e. The number of fused-ring (bicyclic) bond motifs is 1. The van der Waals surface area contributed by atoms with Crippen LogP contribution in [0.5, 0.6) is 5.75 Å². The number of nitrogens with one attached hydrogen (secondary N) is 1. The third-order valence-corrected chi connectivity index (χ3v) is 8.95. The fourth-order valence-corrected chi connectivity index (χ4v) is 6.30. The Morgan fingerprint density at radius 2 is 1.83 bits per heavy atom. The van der Waals surface area contributed by atoms with Crippen LogP contribution in [0.2, 0.25) is 0 Å². The Morgan fingerprint density at radius 3 is 2.54 bits per heavy atom. The van der Waals surface area contributed by atoms with E-state index in [9.17, 15) is 27.1 Å². The molecule has 0 aliphatic carbocycles. The van der Waals surface area contributed by atoms with Gasteiger partial charge in [-0.25, -0.2) is 22.0 Å². The van der Waals surface area contributed by atoms with E-state index in [1.54, 1.807) is 26.0 Å². The summed E-state index contributed by atoms with van der Waals surface area (Å²) in [5.74, 6) is -1.80. The number of sulfonamides is 1. The minimum absolute atomic E-state index is 0.00878. The van der Waals surface area contributed by atoms with Crippen molar-refractivity contribution in [1.82, 2.24) is 9.21 Å². The Kier molecular flexibility index (Phi) is 9.42. The fourth-order valence-electron chi connectivity index (χ4n) is 4.48. The molecule has 3 aromatic rings. The van der Waals surface area contributed by atoms with Crippen molar-refractivity contribution in [2.45, 2.75) is 30.9 Å². The molecule has 4 rings (SSSR count). The number of likely N-dealkylation sites (N-methyl/N-ethyl adjacent to an activating group) is 1. The maximum atomic E-state index is 14.1. The van der Waals surface area contributed by atoms with E-state index in [0.717, 1.165) is 23.8 Å². The van der Waals surface area contributed by atoms with E-state index in [2.05, 4.69) is 5.32 Å². The molecule has 1 aliphatic heterocycles. The second-order valence-corrected chi connectivity index (χ2v) is 12.0. The van der Waals surface area contributed by atoms with Crippen molar-refractivity contribution in [1.29, 1.82) is 0 Å². The third-order valence-electron chi connectivity index (χ3n) is 6.93. The third kappa shape index (κ3) is 7.10. The molecule has 0 radical (unpaired) electrons. The molecule has 41 heavy (non-hydrogen) atoms. The topological polar surface area (TPSA) is 99.2 Å². The summed E-state index contributed by atoms with van der Waals surface area (Å²) in [7, 11) is -2.56. The smallest absolute Gasteiger partial charge is 0.321 e. The number of nitrogens with zero attached hydrogens (tertiary/aromatic N) is 2. The van der Waals surface area contributed by atoms with Crippen LogP contribution >= 0.6 is 0 Å². The molecule has 0 unspecified atom stereocenters. The van der Waals surface area contributed by atoms with Gasteiger partial charge in [0, 0.05) is 31.6 Å². The Morgan fingerprint density at radius 1 is 1.12 bits per heavy atom. The predicted molar refractivity (Wildman–Crippen MR) is 154 cm³/mol. The summed E-state index contributed by atoms with van der Waals surface area (Å²) in [6, 6.07) is 15.7. The monoisotopic (exact) mass is 585 g/mol. The number of amides is 2. The second-order valence-electron chi connectivity index (χ2n) is 10.1. The SMILES string of the molecule is C[C@@H]1CN([C@@H](C)CO)S(=O)(=O)c2ccc(C=Cc3ccccc3)cc2O[C@H]1CN(C)C(=O)Nc1cc(F)ccc1F. The molecular formula is C30H33F2N3O5S.